The summed E-state index contributed by atoms with van der Waals surface area (Å²) >= 11 is 0. The Hall–Kier alpha value is -2.75. The molecule has 4 heteroatoms. The minimum atomic E-state index is -0.750. The van der Waals surface area contributed by atoms with Gasteiger partial charge < -0.3 is 14.0 Å². The van der Waals surface area contributed by atoms with Crippen molar-refractivity contribution in [1.29, 1.82) is 0 Å². The Balaban J connectivity index is 2.34. The maximum Gasteiger partial charge on any atom is 0.514 e. The highest BCUT2D eigenvalue weighted by atomic mass is 16.7. The molecule has 0 saturated carbocycles. The molecule has 21 heavy (non-hydrogen) atoms. The number of hydrogen-bond acceptors (Lipinski definition) is 3. The summed E-state index contributed by atoms with van der Waals surface area (Å²) in [5, 5.41) is 0. The summed E-state index contributed by atoms with van der Waals surface area (Å²) in [7, 11) is 0. The lowest BCUT2D eigenvalue weighted by molar-refractivity contribution is 0.101. The molecule has 0 N–H and O–H groups in total. The molecule has 108 valence electrons. The van der Waals surface area contributed by atoms with Crippen LogP contribution in [0.25, 0.3) is 11.5 Å². The molecule has 0 amide bonds. The number of carbonyl (C=O) groups is 1. The van der Waals surface area contributed by atoms with Crippen molar-refractivity contribution in [2.75, 3.05) is 6.61 Å². The zero-order chi connectivity index (χ0) is 15.1. The topological polar surface area (TPSA) is 40.5 Å². The van der Waals surface area contributed by atoms with Crippen LogP contribution in [-0.2, 0) is 9.47 Å². The fraction of sp³-hybridized carbons (Fsp3) is 0.118. The van der Waals surface area contributed by atoms with Gasteiger partial charge in [-0.25, -0.2) is 4.79 Å². The van der Waals surface area contributed by atoms with Crippen molar-refractivity contribution in [3.8, 4) is 0 Å². The summed E-state index contributed by atoms with van der Waals surface area (Å²) in [4.78, 5) is 11.7. The van der Waals surface area contributed by atoms with Crippen molar-refractivity contribution in [1.82, 2.24) is 4.57 Å². The number of hydrogen-bond donors (Lipinski definition) is 0. The van der Waals surface area contributed by atoms with E-state index in [1.807, 2.05) is 66.3 Å². The van der Waals surface area contributed by atoms with Crippen LogP contribution in [0.2, 0.25) is 0 Å². The standard InChI is InChI=1S/C17H17NO3/c1-3-13-20-17(19)21-16(15-9-5-4-6-10-15)14(2)18-11-7-8-12-18/h3-12H,1,13H2,2H3/b16-14+. The number of ether oxygens (including phenoxy) is 2. The zero-order valence-corrected chi connectivity index (χ0v) is 11.9. The van der Waals surface area contributed by atoms with Gasteiger partial charge in [0.05, 0.1) is 5.70 Å². The van der Waals surface area contributed by atoms with Gasteiger partial charge >= 0.3 is 6.16 Å². The smallest absolute Gasteiger partial charge is 0.430 e. The Morgan fingerprint density at radius 1 is 1.19 bits per heavy atom. The van der Waals surface area contributed by atoms with E-state index in [2.05, 4.69) is 6.58 Å². The average Bonchev–Trinajstić information content (AvgIpc) is 3.05. The Labute approximate surface area is 123 Å². The van der Waals surface area contributed by atoms with Crippen LogP contribution in [0.5, 0.6) is 0 Å². The Morgan fingerprint density at radius 2 is 1.86 bits per heavy atom. The third-order valence-corrected chi connectivity index (χ3v) is 2.86. The fourth-order valence-corrected chi connectivity index (χ4v) is 1.85. The van der Waals surface area contributed by atoms with E-state index in [-0.39, 0.29) is 6.61 Å². The lowest BCUT2D eigenvalue weighted by Crippen LogP contribution is -2.09. The molecule has 2 aromatic rings. The van der Waals surface area contributed by atoms with Gasteiger partial charge in [0.2, 0.25) is 0 Å². The van der Waals surface area contributed by atoms with Gasteiger partial charge in [0.1, 0.15) is 6.61 Å². The van der Waals surface area contributed by atoms with E-state index >= 15 is 0 Å². The van der Waals surface area contributed by atoms with Crippen LogP contribution in [0.1, 0.15) is 12.5 Å². The van der Waals surface area contributed by atoms with Crippen molar-refractivity contribution in [3.05, 3.63) is 73.1 Å². The number of nitrogens with zero attached hydrogens (tertiary/aromatic N) is 1. The monoisotopic (exact) mass is 283 g/mol. The van der Waals surface area contributed by atoms with Crippen molar-refractivity contribution in [2.24, 2.45) is 0 Å². The maximum absolute atomic E-state index is 11.7. The van der Waals surface area contributed by atoms with E-state index in [0.717, 1.165) is 11.3 Å². The number of allylic oxidation sites excluding steroid dienone is 1. The Bertz CT molecular complexity index is 627. The first-order valence-electron chi connectivity index (χ1n) is 6.57. The summed E-state index contributed by atoms with van der Waals surface area (Å²) in [6.07, 6.45) is 4.51. The highest BCUT2D eigenvalue weighted by Gasteiger charge is 2.14. The third kappa shape index (κ3) is 3.86. The maximum atomic E-state index is 11.7. The minimum Gasteiger partial charge on any atom is -0.430 e. The second-order valence-electron chi connectivity index (χ2n) is 4.32. The highest BCUT2D eigenvalue weighted by Crippen LogP contribution is 2.23. The largest absolute Gasteiger partial charge is 0.514 e. The van der Waals surface area contributed by atoms with Crippen molar-refractivity contribution in [2.45, 2.75) is 6.92 Å². The van der Waals surface area contributed by atoms with Crippen LogP contribution in [0.3, 0.4) is 0 Å². The van der Waals surface area contributed by atoms with E-state index in [4.69, 9.17) is 9.47 Å². The Morgan fingerprint density at radius 3 is 2.48 bits per heavy atom. The van der Waals surface area contributed by atoms with Gasteiger partial charge in [-0.1, -0.05) is 43.0 Å². The molecular weight excluding hydrogens is 266 g/mol. The van der Waals surface area contributed by atoms with Gasteiger partial charge in [-0.15, -0.1) is 0 Å². The number of carbonyl (C=O) groups excluding carboxylic acids is 1. The second kappa shape index (κ2) is 7.14. The first-order chi connectivity index (χ1) is 10.2. The molecule has 1 aromatic heterocycles. The molecule has 0 aliphatic carbocycles. The first kappa shape index (κ1) is 14.7. The van der Waals surface area contributed by atoms with Crippen molar-refractivity contribution >= 4 is 17.6 Å². The molecule has 0 saturated heterocycles. The first-order valence-corrected chi connectivity index (χ1v) is 6.57. The molecule has 0 spiro atoms. The van der Waals surface area contributed by atoms with Crippen LogP contribution >= 0.6 is 0 Å². The summed E-state index contributed by atoms with van der Waals surface area (Å²) in [5.41, 5.74) is 1.60. The third-order valence-electron chi connectivity index (χ3n) is 2.86. The van der Waals surface area contributed by atoms with Gasteiger partial charge in [-0.2, -0.15) is 0 Å². The van der Waals surface area contributed by atoms with Crippen molar-refractivity contribution in [3.63, 3.8) is 0 Å². The molecule has 1 heterocycles. The van der Waals surface area contributed by atoms with Gasteiger partial charge in [0.15, 0.2) is 5.76 Å². The van der Waals surface area contributed by atoms with E-state index in [9.17, 15) is 4.79 Å². The van der Waals surface area contributed by atoms with E-state index < -0.39 is 6.16 Å². The van der Waals surface area contributed by atoms with E-state index in [0.29, 0.717) is 5.76 Å². The number of benzene rings is 1. The summed E-state index contributed by atoms with van der Waals surface area (Å²) in [5.74, 6) is 0.459. The molecule has 0 aliphatic heterocycles. The molecule has 0 aliphatic rings. The molecule has 2 rings (SSSR count). The molecule has 4 nitrogen and oxygen atoms in total. The van der Waals surface area contributed by atoms with Gasteiger partial charge in [0.25, 0.3) is 0 Å². The van der Waals surface area contributed by atoms with Gasteiger partial charge in [0, 0.05) is 18.0 Å². The van der Waals surface area contributed by atoms with E-state index in [1.165, 1.54) is 6.08 Å². The Kier molecular flexibility index (Phi) is 4.99. The lowest BCUT2D eigenvalue weighted by atomic mass is 10.1. The minimum absolute atomic E-state index is 0.115. The fourth-order valence-electron chi connectivity index (χ4n) is 1.85. The second-order valence-corrected chi connectivity index (χ2v) is 4.32. The predicted octanol–water partition coefficient (Wildman–Crippen LogP) is 4.17. The number of rotatable bonds is 5. The molecule has 0 bridgehead atoms. The molecular formula is C17H17NO3. The van der Waals surface area contributed by atoms with Crippen LogP contribution in [0.4, 0.5) is 4.79 Å². The highest BCUT2D eigenvalue weighted by molar-refractivity contribution is 5.83. The van der Waals surface area contributed by atoms with E-state index in [1.54, 1.807) is 0 Å². The van der Waals surface area contributed by atoms with Crippen LogP contribution in [-0.4, -0.2) is 17.3 Å². The predicted molar refractivity (Wildman–Crippen MR) is 82.3 cm³/mol. The molecule has 0 unspecified atom stereocenters. The number of aromatic nitrogens is 1. The normalized spacial score (nSPS) is 11.5. The summed E-state index contributed by atoms with van der Waals surface area (Å²) in [6.45, 7) is 5.49. The molecule has 1 aromatic carbocycles. The quantitative estimate of drug-likeness (QED) is 0.469. The SMILES string of the molecule is C=CCOC(=O)O/C(=C(\C)n1cccc1)c1ccccc1. The van der Waals surface area contributed by atoms with Crippen LogP contribution in [0.15, 0.2) is 67.5 Å². The summed E-state index contributed by atoms with van der Waals surface area (Å²) < 4.78 is 12.1. The van der Waals surface area contributed by atoms with Crippen LogP contribution in [0, 0.1) is 0 Å². The van der Waals surface area contributed by atoms with Gasteiger partial charge in [-0.05, 0) is 19.1 Å². The molecule has 0 fully saturated rings. The average molecular weight is 283 g/mol. The molecule has 0 atom stereocenters. The summed E-state index contributed by atoms with van der Waals surface area (Å²) in [6, 6.07) is 13.2. The van der Waals surface area contributed by atoms with Gasteiger partial charge in [-0.3, -0.25) is 0 Å². The lowest BCUT2D eigenvalue weighted by Gasteiger charge is -2.13. The van der Waals surface area contributed by atoms with Crippen molar-refractivity contribution < 1.29 is 14.3 Å². The van der Waals surface area contributed by atoms with Crippen LogP contribution < -0.4 is 0 Å². The molecule has 0 radical (unpaired) electrons. The zero-order valence-electron chi connectivity index (χ0n) is 11.9.